The summed E-state index contributed by atoms with van der Waals surface area (Å²) in [5.41, 5.74) is 2.29. The highest BCUT2D eigenvalue weighted by Gasteiger charge is 2.17. The van der Waals surface area contributed by atoms with Gasteiger partial charge in [0, 0.05) is 29.4 Å². The van der Waals surface area contributed by atoms with Crippen LogP contribution in [0.1, 0.15) is 71.4 Å². The minimum absolute atomic E-state index is 0.0210. The summed E-state index contributed by atoms with van der Waals surface area (Å²) < 4.78 is 14.5. The first kappa shape index (κ1) is 27.0. The Kier molecular flexibility index (Phi) is 8.47. The number of aromatic nitrogens is 2. The second-order valence-electron chi connectivity index (χ2n) is 12.0. The first-order valence-electron chi connectivity index (χ1n) is 15.4. The van der Waals surface area contributed by atoms with Gasteiger partial charge >= 0.3 is 0 Å². The van der Waals surface area contributed by atoms with Gasteiger partial charge in [-0.05, 0) is 106 Å². The molecule has 3 aromatic rings. The van der Waals surface area contributed by atoms with E-state index < -0.39 is 0 Å². The van der Waals surface area contributed by atoms with Gasteiger partial charge in [0.05, 0.1) is 18.7 Å². The van der Waals surface area contributed by atoms with Crippen molar-refractivity contribution in [1.82, 2.24) is 25.7 Å². The normalized spacial score (nSPS) is 19.6. The first-order chi connectivity index (χ1) is 19.6. The number of nitrogens with one attached hydrogen (secondary N) is 3. The number of piperidine rings is 1. The monoisotopic (exact) mass is 543 g/mol. The maximum Gasteiger partial charge on any atom is 0.121 e. The molecule has 3 aliphatic rings. The van der Waals surface area contributed by atoms with Crippen molar-refractivity contribution in [3.05, 3.63) is 53.0 Å². The van der Waals surface area contributed by atoms with Crippen LogP contribution >= 0.6 is 0 Å². The van der Waals surface area contributed by atoms with Crippen LogP contribution in [0.5, 0.6) is 11.5 Å². The summed E-state index contributed by atoms with van der Waals surface area (Å²) in [5, 5.41) is 19.1. The number of benzene rings is 2. The van der Waals surface area contributed by atoms with E-state index in [1.54, 1.807) is 0 Å². The van der Waals surface area contributed by atoms with E-state index in [2.05, 4.69) is 72.4 Å². The molecule has 1 unspecified atom stereocenters. The van der Waals surface area contributed by atoms with Crippen LogP contribution in [0.4, 0.5) is 0 Å². The zero-order valence-corrected chi connectivity index (χ0v) is 24.2. The third-order valence-electron chi connectivity index (χ3n) is 8.90. The summed E-state index contributed by atoms with van der Waals surface area (Å²) in [4.78, 5) is 0. The average Bonchev–Trinajstić information content (AvgIpc) is 3.24. The van der Waals surface area contributed by atoms with E-state index in [9.17, 15) is 0 Å². The minimum atomic E-state index is -0.0210. The summed E-state index contributed by atoms with van der Waals surface area (Å²) in [5.74, 6) is 4.23. The van der Waals surface area contributed by atoms with E-state index in [0.717, 1.165) is 61.1 Å². The van der Waals surface area contributed by atoms with Gasteiger partial charge in [0.15, 0.2) is 0 Å². The van der Waals surface area contributed by atoms with Crippen LogP contribution in [0, 0.1) is 11.8 Å². The predicted molar refractivity (Wildman–Crippen MR) is 162 cm³/mol. The fourth-order valence-electron chi connectivity index (χ4n) is 6.31. The molecule has 1 saturated heterocycles. The van der Waals surface area contributed by atoms with Gasteiger partial charge in [0.2, 0.25) is 0 Å². The number of nitrogens with zero attached hydrogens (tertiary/aromatic N) is 2. The number of rotatable bonds is 9. The highest BCUT2D eigenvalue weighted by molar-refractivity contribution is 5.79. The zero-order chi connectivity index (χ0) is 27.3. The summed E-state index contributed by atoms with van der Waals surface area (Å²) in [7, 11) is 0. The van der Waals surface area contributed by atoms with Crippen LogP contribution in [-0.2, 0) is 0 Å². The molecule has 0 radical (unpaired) electrons. The smallest absolute Gasteiger partial charge is 0.121 e. The topological polar surface area (TPSA) is 72.4 Å². The van der Waals surface area contributed by atoms with Gasteiger partial charge in [-0.1, -0.05) is 25.7 Å². The molecule has 1 aliphatic carbocycles. The zero-order valence-electron chi connectivity index (χ0n) is 24.2. The quantitative estimate of drug-likeness (QED) is 0.347. The molecule has 3 heterocycles. The van der Waals surface area contributed by atoms with E-state index in [-0.39, 0.29) is 6.17 Å². The Bertz CT molecular complexity index is 1420. The standard InChI is InChI=1S/C33H45N5O2/c1-23-19-35-33(30-12-11-28(17-31(23)30)39-22-26-13-15-34-16-14-26)36-24(2)38-20-27-9-10-29(18-32(27)37-38)40-21-25-7-5-3-4-6-8-25/h9-12,17-18,20,24-26,34-36H,3-8,13-16,19,21-22H2,1-2H3. The second-order valence-corrected chi connectivity index (χ2v) is 12.0. The van der Waals surface area contributed by atoms with Crippen molar-refractivity contribution in [3.63, 3.8) is 0 Å². The highest BCUT2D eigenvalue weighted by atomic mass is 16.5. The molecule has 7 nitrogen and oxygen atoms in total. The Balaban J connectivity index is 1.14. The molecule has 3 N–H and O–H groups in total. The van der Waals surface area contributed by atoms with Crippen molar-refractivity contribution in [2.75, 3.05) is 32.8 Å². The lowest BCUT2D eigenvalue weighted by Gasteiger charge is -2.24. The Morgan fingerprint density at radius 1 is 0.900 bits per heavy atom. The van der Waals surface area contributed by atoms with Gasteiger partial charge < -0.3 is 25.4 Å². The van der Waals surface area contributed by atoms with Crippen LogP contribution in [-0.4, -0.2) is 42.6 Å². The molecule has 7 heteroatoms. The maximum absolute atomic E-state index is 6.23. The van der Waals surface area contributed by atoms with E-state index in [1.165, 1.54) is 67.4 Å². The largest absolute Gasteiger partial charge is 0.493 e. The number of hydrogen-bond acceptors (Lipinski definition) is 6. The summed E-state index contributed by atoms with van der Waals surface area (Å²) >= 11 is 0. The summed E-state index contributed by atoms with van der Waals surface area (Å²) in [6.07, 6.45) is 12.5. The van der Waals surface area contributed by atoms with Crippen LogP contribution in [0.25, 0.3) is 22.3 Å². The Hall–Kier alpha value is -3.19. The molecule has 214 valence electrons. The third kappa shape index (κ3) is 6.41. The fraction of sp³-hybridized carbons (Fsp3) is 0.545. The molecule has 6 rings (SSSR count). The van der Waals surface area contributed by atoms with Crippen LogP contribution < -0.4 is 35.9 Å². The van der Waals surface area contributed by atoms with Crippen molar-refractivity contribution >= 4 is 22.3 Å². The lowest BCUT2D eigenvalue weighted by atomic mass is 9.99. The molecule has 2 aromatic carbocycles. The van der Waals surface area contributed by atoms with Crippen molar-refractivity contribution < 1.29 is 9.47 Å². The summed E-state index contributed by atoms with van der Waals surface area (Å²) in [6.45, 7) is 8.95. The molecule has 40 heavy (non-hydrogen) atoms. The van der Waals surface area contributed by atoms with E-state index >= 15 is 0 Å². The molecule has 0 bridgehead atoms. The van der Waals surface area contributed by atoms with Crippen LogP contribution in [0.3, 0.4) is 0 Å². The molecule has 0 spiro atoms. The molecule has 2 fully saturated rings. The molecule has 0 amide bonds. The molecule has 2 aliphatic heterocycles. The number of fused-ring (bicyclic) bond motifs is 2. The van der Waals surface area contributed by atoms with Crippen molar-refractivity contribution in [1.29, 1.82) is 0 Å². The maximum atomic E-state index is 6.23. The van der Waals surface area contributed by atoms with E-state index in [1.807, 2.05) is 4.68 Å². The van der Waals surface area contributed by atoms with Crippen LogP contribution in [0.2, 0.25) is 0 Å². The Morgan fingerprint density at radius 3 is 2.38 bits per heavy atom. The minimum Gasteiger partial charge on any atom is -0.493 e. The van der Waals surface area contributed by atoms with Crippen molar-refractivity contribution in [2.45, 2.75) is 71.4 Å². The van der Waals surface area contributed by atoms with Gasteiger partial charge in [-0.15, -0.1) is 0 Å². The molecular formula is C33H45N5O2. The van der Waals surface area contributed by atoms with E-state index in [0.29, 0.717) is 11.8 Å². The van der Waals surface area contributed by atoms with Gasteiger partial charge in [-0.3, -0.25) is 0 Å². The Labute approximate surface area is 238 Å². The number of hydrogen-bond donors (Lipinski definition) is 3. The van der Waals surface area contributed by atoms with Gasteiger partial charge in [-0.2, -0.15) is 5.10 Å². The lowest BCUT2D eigenvalue weighted by molar-refractivity contribution is 0.215. The summed E-state index contributed by atoms with van der Waals surface area (Å²) in [6, 6.07) is 12.8. The highest BCUT2D eigenvalue weighted by Crippen LogP contribution is 2.26. The Morgan fingerprint density at radius 2 is 1.60 bits per heavy atom. The molecule has 1 atom stereocenters. The first-order valence-corrected chi connectivity index (χ1v) is 15.4. The molecule has 1 aromatic heterocycles. The van der Waals surface area contributed by atoms with Gasteiger partial charge in [0.1, 0.15) is 23.5 Å². The number of ether oxygens (including phenoxy) is 2. The molecule has 1 saturated carbocycles. The van der Waals surface area contributed by atoms with Gasteiger partial charge in [0.25, 0.3) is 0 Å². The predicted octanol–water partition coefficient (Wildman–Crippen LogP) is 4.41. The average molecular weight is 544 g/mol. The third-order valence-corrected chi connectivity index (χ3v) is 8.90. The van der Waals surface area contributed by atoms with E-state index in [4.69, 9.17) is 14.6 Å². The second kappa shape index (κ2) is 12.5. The van der Waals surface area contributed by atoms with Gasteiger partial charge in [-0.25, -0.2) is 4.68 Å². The van der Waals surface area contributed by atoms with Crippen LogP contribution in [0.15, 0.2) is 42.6 Å². The van der Waals surface area contributed by atoms with Crippen molar-refractivity contribution in [3.8, 4) is 11.5 Å². The lowest BCUT2D eigenvalue weighted by Crippen LogP contribution is -2.45. The molecular weight excluding hydrogens is 498 g/mol. The SMILES string of the molecule is CC1=c2cc(OCC3CCNCC3)ccc2=C(NC(C)n2cc3ccc(OCC4CCCCCC4)cc3n2)NC1. The van der Waals surface area contributed by atoms with Crippen molar-refractivity contribution in [2.24, 2.45) is 11.8 Å². The fourth-order valence-corrected chi connectivity index (χ4v) is 6.31.